The summed E-state index contributed by atoms with van der Waals surface area (Å²) in [5.74, 6) is -4.41. The van der Waals surface area contributed by atoms with Gasteiger partial charge in [-0.15, -0.1) is 0 Å². The molecule has 0 spiro atoms. The number of carbonyl (C=O) groups is 3. The minimum absolute atomic E-state index is 0.00622. The van der Waals surface area contributed by atoms with Crippen molar-refractivity contribution >= 4 is 23.3 Å². The van der Waals surface area contributed by atoms with Gasteiger partial charge in [-0.25, -0.2) is 8.78 Å². The maximum Gasteiger partial charge on any atom is 0.311 e. The number of hydrogen-bond donors (Lipinski definition) is 0. The van der Waals surface area contributed by atoms with E-state index in [1.165, 1.54) is 4.90 Å². The Morgan fingerprint density at radius 1 is 1.11 bits per heavy atom. The Labute approximate surface area is 160 Å². The highest BCUT2D eigenvalue weighted by atomic mass is 19.2. The first-order chi connectivity index (χ1) is 13.4. The topological polar surface area (TPSA) is 63.7 Å². The van der Waals surface area contributed by atoms with Gasteiger partial charge in [0.05, 0.1) is 5.92 Å². The highest BCUT2D eigenvalue weighted by molar-refractivity contribution is 6.01. The van der Waals surface area contributed by atoms with Crippen LogP contribution in [0.15, 0.2) is 42.5 Å². The van der Waals surface area contributed by atoms with Gasteiger partial charge in [-0.3, -0.25) is 14.4 Å². The molecule has 1 atom stereocenters. The van der Waals surface area contributed by atoms with E-state index in [9.17, 15) is 23.2 Å². The molecule has 1 heterocycles. The third-order valence-corrected chi connectivity index (χ3v) is 4.70. The van der Waals surface area contributed by atoms with Crippen molar-refractivity contribution in [2.45, 2.75) is 19.8 Å². The average molecular weight is 387 g/mol. The summed E-state index contributed by atoms with van der Waals surface area (Å²) in [6.07, 6.45) is 0.878. The zero-order valence-corrected chi connectivity index (χ0v) is 15.3. The summed E-state index contributed by atoms with van der Waals surface area (Å²) >= 11 is 0. The second-order valence-electron chi connectivity index (χ2n) is 6.59. The van der Waals surface area contributed by atoms with Crippen LogP contribution in [-0.4, -0.2) is 30.8 Å². The van der Waals surface area contributed by atoms with E-state index in [0.29, 0.717) is 5.69 Å². The first-order valence-electron chi connectivity index (χ1n) is 8.93. The van der Waals surface area contributed by atoms with Gasteiger partial charge in [-0.1, -0.05) is 19.1 Å². The molecular weight excluding hydrogens is 368 g/mol. The monoisotopic (exact) mass is 387 g/mol. The zero-order valence-electron chi connectivity index (χ0n) is 15.3. The van der Waals surface area contributed by atoms with Crippen LogP contribution in [0.5, 0.6) is 0 Å². The third-order valence-electron chi connectivity index (χ3n) is 4.70. The van der Waals surface area contributed by atoms with Gasteiger partial charge < -0.3 is 9.64 Å². The molecule has 2 aromatic rings. The third kappa shape index (κ3) is 4.24. The predicted molar refractivity (Wildman–Crippen MR) is 97.9 cm³/mol. The van der Waals surface area contributed by atoms with Crippen LogP contribution in [0.25, 0.3) is 0 Å². The molecule has 1 fully saturated rings. The summed E-state index contributed by atoms with van der Waals surface area (Å²) in [6.45, 7) is 1.60. The molecule has 5 nitrogen and oxygen atoms in total. The van der Waals surface area contributed by atoms with Crippen molar-refractivity contribution in [1.82, 2.24) is 0 Å². The molecule has 1 aliphatic rings. The van der Waals surface area contributed by atoms with E-state index in [-0.39, 0.29) is 24.4 Å². The molecule has 146 valence electrons. The highest BCUT2D eigenvalue weighted by Gasteiger charge is 2.36. The Balaban J connectivity index is 1.58. The van der Waals surface area contributed by atoms with Crippen molar-refractivity contribution in [2.75, 3.05) is 18.1 Å². The molecule has 0 aromatic heterocycles. The van der Waals surface area contributed by atoms with E-state index in [0.717, 1.165) is 30.2 Å². The van der Waals surface area contributed by atoms with E-state index < -0.39 is 35.9 Å². The van der Waals surface area contributed by atoms with Crippen LogP contribution in [0.1, 0.15) is 29.3 Å². The van der Waals surface area contributed by atoms with Crippen molar-refractivity contribution in [1.29, 1.82) is 0 Å². The first-order valence-corrected chi connectivity index (χ1v) is 8.93. The van der Waals surface area contributed by atoms with Gasteiger partial charge in [0.25, 0.3) is 0 Å². The lowest BCUT2D eigenvalue weighted by atomic mass is 10.1. The van der Waals surface area contributed by atoms with Gasteiger partial charge in [0, 0.05) is 24.2 Å². The summed E-state index contributed by atoms with van der Waals surface area (Å²) in [6, 6.07) is 10.2. The summed E-state index contributed by atoms with van der Waals surface area (Å²) in [4.78, 5) is 38.0. The molecule has 0 radical (unpaired) electrons. The fourth-order valence-electron chi connectivity index (χ4n) is 3.03. The molecule has 2 aromatic carbocycles. The SMILES string of the molecule is CCc1ccc(N2CC(C(=O)OCC(=O)c3ccc(F)c(F)c3)CC2=O)cc1. The standard InChI is InChI=1S/C21H19F2NO4/c1-2-13-3-6-16(7-4-13)24-11-15(10-20(24)26)21(27)28-12-19(25)14-5-8-17(22)18(23)9-14/h3-9,15H,2,10-12H2,1H3. The number of Topliss-reactive ketones (excluding diaryl/α,β-unsaturated/α-hetero) is 1. The Kier molecular flexibility index (Phi) is 5.82. The number of ketones is 1. The molecule has 1 amide bonds. The van der Waals surface area contributed by atoms with Crippen LogP contribution < -0.4 is 4.90 Å². The van der Waals surface area contributed by atoms with E-state index in [4.69, 9.17) is 4.74 Å². The molecule has 7 heteroatoms. The average Bonchev–Trinajstić information content (AvgIpc) is 3.09. The van der Waals surface area contributed by atoms with Gasteiger partial charge in [-0.2, -0.15) is 0 Å². The number of aryl methyl sites for hydroxylation is 1. The second-order valence-corrected chi connectivity index (χ2v) is 6.59. The number of hydrogen-bond acceptors (Lipinski definition) is 4. The molecule has 1 unspecified atom stereocenters. The quantitative estimate of drug-likeness (QED) is 0.564. The summed E-state index contributed by atoms with van der Waals surface area (Å²) in [5.41, 5.74) is 1.75. The van der Waals surface area contributed by atoms with E-state index in [1.54, 1.807) is 0 Å². The fraction of sp³-hybridized carbons (Fsp3) is 0.286. The zero-order chi connectivity index (χ0) is 20.3. The fourth-order valence-corrected chi connectivity index (χ4v) is 3.03. The Morgan fingerprint density at radius 2 is 1.82 bits per heavy atom. The molecule has 1 saturated heterocycles. The van der Waals surface area contributed by atoms with Crippen molar-refractivity contribution in [2.24, 2.45) is 5.92 Å². The number of carbonyl (C=O) groups excluding carboxylic acids is 3. The summed E-state index contributed by atoms with van der Waals surface area (Å²) in [7, 11) is 0. The largest absolute Gasteiger partial charge is 0.457 e. The summed E-state index contributed by atoms with van der Waals surface area (Å²) in [5, 5.41) is 0. The minimum Gasteiger partial charge on any atom is -0.457 e. The molecular formula is C21H19F2NO4. The molecule has 28 heavy (non-hydrogen) atoms. The number of benzene rings is 2. The van der Waals surface area contributed by atoms with Gasteiger partial charge in [0.1, 0.15) is 0 Å². The lowest BCUT2D eigenvalue weighted by Gasteiger charge is -2.17. The van der Waals surface area contributed by atoms with E-state index in [1.807, 2.05) is 31.2 Å². The van der Waals surface area contributed by atoms with Crippen LogP contribution in [0, 0.1) is 17.6 Å². The number of nitrogens with zero attached hydrogens (tertiary/aromatic N) is 1. The Hall–Kier alpha value is -3.09. The van der Waals surface area contributed by atoms with Crippen LogP contribution in [-0.2, 0) is 20.7 Å². The Bertz CT molecular complexity index is 911. The normalized spacial score (nSPS) is 16.3. The maximum atomic E-state index is 13.2. The number of esters is 1. The number of halogens is 2. The van der Waals surface area contributed by atoms with Gasteiger partial charge in [-0.05, 0) is 42.3 Å². The van der Waals surface area contributed by atoms with E-state index in [2.05, 4.69) is 0 Å². The van der Waals surface area contributed by atoms with Gasteiger partial charge >= 0.3 is 5.97 Å². The number of ether oxygens (including phenoxy) is 1. The predicted octanol–water partition coefficient (Wildman–Crippen LogP) is 3.31. The second kappa shape index (κ2) is 8.29. The van der Waals surface area contributed by atoms with E-state index >= 15 is 0 Å². The van der Waals surface area contributed by atoms with Crippen molar-refractivity contribution in [3.8, 4) is 0 Å². The van der Waals surface area contributed by atoms with Crippen LogP contribution in [0.3, 0.4) is 0 Å². The van der Waals surface area contributed by atoms with Crippen molar-refractivity contribution < 1.29 is 27.9 Å². The number of amides is 1. The maximum absolute atomic E-state index is 13.2. The summed E-state index contributed by atoms with van der Waals surface area (Å²) < 4.78 is 31.1. The number of rotatable bonds is 6. The van der Waals surface area contributed by atoms with Gasteiger partial charge in [0.15, 0.2) is 24.0 Å². The Morgan fingerprint density at radius 3 is 2.46 bits per heavy atom. The van der Waals surface area contributed by atoms with Crippen LogP contribution in [0.4, 0.5) is 14.5 Å². The van der Waals surface area contributed by atoms with Crippen LogP contribution >= 0.6 is 0 Å². The molecule has 0 N–H and O–H groups in total. The minimum atomic E-state index is -1.15. The highest BCUT2D eigenvalue weighted by Crippen LogP contribution is 2.26. The van der Waals surface area contributed by atoms with Gasteiger partial charge in [0.2, 0.25) is 5.91 Å². The van der Waals surface area contributed by atoms with Crippen molar-refractivity contribution in [3.05, 3.63) is 65.2 Å². The lowest BCUT2D eigenvalue weighted by Crippen LogP contribution is -2.27. The molecule has 0 bridgehead atoms. The molecule has 0 aliphatic carbocycles. The smallest absolute Gasteiger partial charge is 0.311 e. The number of anilines is 1. The lowest BCUT2D eigenvalue weighted by molar-refractivity contribution is -0.147. The molecule has 1 aliphatic heterocycles. The first kappa shape index (κ1) is 19.7. The molecule has 0 saturated carbocycles. The van der Waals surface area contributed by atoms with Crippen molar-refractivity contribution in [3.63, 3.8) is 0 Å². The molecule has 3 rings (SSSR count). The van der Waals surface area contributed by atoms with Crippen LogP contribution in [0.2, 0.25) is 0 Å².